The maximum Gasteiger partial charge on any atom is 0.341 e. The van der Waals surface area contributed by atoms with E-state index in [0.29, 0.717) is 18.7 Å². The Morgan fingerprint density at radius 1 is 1.10 bits per heavy atom. The highest BCUT2D eigenvalue weighted by Gasteiger charge is 2.32. The number of anilines is 2. The molecule has 4 rings (SSSR count). The fourth-order valence-electron chi connectivity index (χ4n) is 3.74. The summed E-state index contributed by atoms with van der Waals surface area (Å²) in [7, 11) is -0.784. The molecule has 0 radical (unpaired) electrons. The molecule has 3 heterocycles. The highest BCUT2D eigenvalue weighted by Crippen LogP contribution is 2.38. The fraction of sp³-hybridized carbons (Fsp3) is 0.350. The minimum Gasteiger partial charge on any atom is -0.465 e. The van der Waals surface area contributed by atoms with Crippen molar-refractivity contribution in [2.24, 2.45) is 0 Å². The van der Waals surface area contributed by atoms with Gasteiger partial charge in [-0.05, 0) is 43.3 Å². The van der Waals surface area contributed by atoms with Gasteiger partial charge in [0.15, 0.2) is 0 Å². The number of hydrogen-bond donors (Lipinski definition) is 1. The van der Waals surface area contributed by atoms with E-state index in [1.54, 1.807) is 0 Å². The lowest BCUT2D eigenvalue weighted by Crippen LogP contribution is -2.28. The van der Waals surface area contributed by atoms with Gasteiger partial charge in [-0.25, -0.2) is 13.2 Å². The summed E-state index contributed by atoms with van der Waals surface area (Å²) in [6.07, 6.45) is 0.922. The molecule has 0 aliphatic carbocycles. The summed E-state index contributed by atoms with van der Waals surface area (Å²) in [6, 6.07) is 5.50. The van der Waals surface area contributed by atoms with E-state index >= 15 is 0 Å². The third kappa shape index (κ3) is 3.95. The van der Waals surface area contributed by atoms with Gasteiger partial charge in [0.25, 0.3) is 10.0 Å². The van der Waals surface area contributed by atoms with E-state index in [2.05, 4.69) is 9.62 Å². The third-order valence-corrected chi connectivity index (χ3v) is 7.95. The van der Waals surface area contributed by atoms with Crippen LogP contribution in [0, 0.1) is 0 Å². The number of nitrogens with one attached hydrogen (secondary N) is 1. The zero-order valence-electron chi connectivity index (χ0n) is 17.0. The van der Waals surface area contributed by atoms with Crippen LogP contribution in [-0.2, 0) is 37.3 Å². The zero-order valence-corrected chi connectivity index (χ0v) is 18.6. The molecule has 164 valence electrons. The SMILES string of the molecule is COC(=O)c1c(NS(=O)(=O)c2ccc(N3C(=O)CCC3=O)cc2)sc2c1CCN(C)C2. The summed E-state index contributed by atoms with van der Waals surface area (Å²) in [4.78, 5) is 40.2. The van der Waals surface area contributed by atoms with E-state index in [4.69, 9.17) is 4.74 Å². The Labute approximate surface area is 183 Å². The molecular weight excluding hydrogens is 442 g/mol. The Morgan fingerprint density at radius 2 is 1.74 bits per heavy atom. The van der Waals surface area contributed by atoms with Crippen LogP contribution in [0.3, 0.4) is 0 Å². The van der Waals surface area contributed by atoms with Crippen molar-refractivity contribution in [3.05, 3.63) is 40.3 Å². The number of fused-ring (bicyclic) bond motifs is 1. The van der Waals surface area contributed by atoms with Crippen molar-refractivity contribution in [2.45, 2.75) is 30.7 Å². The van der Waals surface area contributed by atoms with Crippen LogP contribution < -0.4 is 9.62 Å². The van der Waals surface area contributed by atoms with Gasteiger partial charge in [-0.1, -0.05) is 0 Å². The Hall–Kier alpha value is -2.76. The minimum atomic E-state index is -4.01. The van der Waals surface area contributed by atoms with Crippen LogP contribution in [0.5, 0.6) is 0 Å². The average Bonchev–Trinajstić information content (AvgIpc) is 3.25. The predicted molar refractivity (Wildman–Crippen MR) is 115 cm³/mol. The summed E-state index contributed by atoms with van der Waals surface area (Å²) < 4.78 is 33.4. The van der Waals surface area contributed by atoms with Crippen molar-refractivity contribution in [2.75, 3.05) is 30.3 Å². The molecule has 11 heteroatoms. The standard InChI is InChI=1S/C20H21N3O6S2/c1-22-10-9-14-15(11-22)30-19(18(14)20(26)29-2)21-31(27,28)13-5-3-12(4-6-13)23-16(24)7-8-17(23)25/h3-6,21H,7-11H2,1-2H3. The first-order valence-electron chi connectivity index (χ1n) is 9.61. The number of nitrogens with zero attached hydrogens (tertiary/aromatic N) is 2. The van der Waals surface area contributed by atoms with E-state index in [0.717, 1.165) is 21.9 Å². The summed E-state index contributed by atoms with van der Waals surface area (Å²) in [5, 5.41) is 0.223. The first kappa shape index (κ1) is 21.5. The lowest BCUT2D eigenvalue weighted by molar-refractivity contribution is -0.121. The number of carbonyl (C=O) groups excluding carboxylic acids is 3. The van der Waals surface area contributed by atoms with Gasteiger partial charge in [0.1, 0.15) is 5.00 Å². The second-order valence-corrected chi connectivity index (χ2v) is 10.2. The molecule has 1 N–H and O–H groups in total. The number of likely N-dealkylation sites (N-methyl/N-ethyl adjacent to an activating group) is 1. The number of amides is 2. The number of benzene rings is 1. The molecule has 2 amide bonds. The van der Waals surface area contributed by atoms with Crippen LogP contribution in [0.25, 0.3) is 0 Å². The third-order valence-electron chi connectivity index (χ3n) is 5.32. The minimum absolute atomic E-state index is 0.0466. The molecule has 9 nitrogen and oxygen atoms in total. The van der Waals surface area contributed by atoms with Gasteiger partial charge in [0, 0.05) is 30.8 Å². The van der Waals surface area contributed by atoms with E-state index in [1.807, 2.05) is 7.05 Å². The molecule has 31 heavy (non-hydrogen) atoms. The summed E-state index contributed by atoms with van der Waals surface area (Å²) in [5.74, 6) is -1.20. The lowest BCUT2D eigenvalue weighted by atomic mass is 10.0. The maximum atomic E-state index is 13.0. The van der Waals surface area contributed by atoms with Gasteiger partial charge in [-0.3, -0.25) is 19.2 Å². The van der Waals surface area contributed by atoms with Gasteiger partial charge in [0.05, 0.1) is 23.3 Å². The molecule has 0 unspecified atom stereocenters. The predicted octanol–water partition coefficient (Wildman–Crippen LogP) is 1.98. The molecule has 2 aromatic rings. The number of sulfonamides is 1. The molecule has 1 aromatic heterocycles. The number of carbonyl (C=O) groups is 3. The summed E-state index contributed by atoms with van der Waals surface area (Å²) in [6.45, 7) is 1.38. The summed E-state index contributed by atoms with van der Waals surface area (Å²) in [5.41, 5.74) is 1.40. The van der Waals surface area contributed by atoms with Gasteiger partial charge in [-0.2, -0.15) is 0 Å². The average molecular weight is 464 g/mol. The molecule has 1 fully saturated rings. The normalized spacial score (nSPS) is 17.0. The molecule has 0 atom stereocenters. The number of esters is 1. The first-order valence-corrected chi connectivity index (χ1v) is 11.9. The monoisotopic (exact) mass is 463 g/mol. The van der Waals surface area contributed by atoms with E-state index in [-0.39, 0.29) is 40.1 Å². The van der Waals surface area contributed by atoms with E-state index in [1.165, 1.54) is 42.7 Å². The van der Waals surface area contributed by atoms with Crippen molar-refractivity contribution in [1.29, 1.82) is 0 Å². The van der Waals surface area contributed by atoms with Crippen molar-refractivity contribution in [3.63, 3.8) is 0 Å². The molecule has 2 aliphatic rings. The molecule has 0 bridgehead atoms. The van der Waals surface area contributed by atoms with Crippen LogP contribution >= 0.6 is 11.3 Å². The van der Waals surface area contributed by atoms with Gasteiger partial charge >= 0.3 is 5.97 Å². The van der Waals surface area contributed by atoms with Crippen molar-refractivity contribution >= 4 is 49.8 Å². The quantitative estimate of drug-likeness (QED) is 0.533. The van der Waals surface area contributed by atoms with E-state index < -0.39 is 16.0 Å². The highest BCUT2D eigenvalue weighted by atomic mass is 32.2. The summed E-state index contributed by atoms with van der Waals surface area (Å²) >= 11 is 1.22. The van der Waals surface area contributed by atoms with Gasteiger partial charge in [-0.15, -0.1) is 11.3 Å². The van der Waals surface area contributed by atoms with Crippen LogP contribution in [0.4, 0.5) is 10.7 Å². The lowest BCUT2D eigenvalue weighted by Gasteiger charge is -2.22. The Balaban J connectivity index is 1.64. The number of hydrogen-bond acceptors (Lipinski definition) is 8. The second-order valence-electron chi connectivity index (χ2n) is 7.41. The Morgan fingerprint density at radius 3 is 2.35 bits per heavy atom. The molecule has 2 aliphatic heterocycles. The fourth-order valence-corrected chi connectivity index (χ4v) is 6.36. The number of thiophene rings is 1. The first-order chi connectivity index (χ1) is 14.7. The number of methoxy groups -OCH3 is 1. The van der Waals surface area contributed by atoms with Crippen LogP contribution in [-0.4, -0.2) is 51.8 Å². The Kier molecular flexibility index (Phi) is 5.58. The van der Waals surface area contributed by atoms with Crippen LogP contribution in [0.15, 0.2) is 29.2 Å². The number of rotatable bonds is 5. The zero-order chi connectivity index (χ0) is 22.3. The number of ether oxygens (including phenoxy) is 1. The van der Waals surface area contributed by atoms with Crippen LogP contribution in [0.1, 0.15) is 33.6 Å². The van der Waals surface area contributed by atoms with Crippen LogP contribution in [0.2, 0.25) is 0 Å². The largest absolute Gasteiger partial charge is 0.465 e. The van der Waals surface area contributed by atoms with Crippen molar-refractivity contribution in [3.8, 4) is 0 Å². The number of imide groups is 1. The van der Waals surface area contributed by atoms with Gasteiger partial charge in [0.2, 0.25) is 11.8 Å². The smallest absolute Gasteiger partial charge is 0.341 e. The second kappa shape index (κ2) is 8.06. The topological polar surface area (TPSA) is 113 Å². The molecular formula is C20H21N3O6S2. The Bertz CT molecular complexity index is 1150. The molecule has 0 saturated carbocycles. The maximum absolute atomic E-state index is 13.0. The highest BCUT2D eigenvalue weighted by molar-refractivity contribution is 7.93. The van der Waals surface area contributed by atoms with E-state index in [9.17, 15) is 22.8 Å². The van der Waals surface area contributed by atoms with Crippen molar-refractivity contribution in [1.82, 2.24) is 4.90 Å². The molecule has 0 spiro atoms. The van der Waals surface area contributed by atoms with Gasteiger partial charge < -0.3 is 9.64 Å². The van der Waals surface area contributed by atoms with Crippen molar-refractivity contribution < 1.29 is 27.5 Å². The molecule has 1 aromatic carbocycles. The molecule has 1 saturated heterocycles.